The third-order valence-electron chi connectivity index (χ3n) is 3.54. The van der Waals surface area contributed by atoms with Crippen LogP contribution < -0.4 is 11.1 Å². The van der Waals surface area contributed by atoms with Crippen molar-refractivity contribution in [1.29, 1.82) is 0 Å². The van der Waals surface area contributed by atoms with Gasteiger partial charge < -0.3 is 11.1 Å². The lowest BCUT2D eigenvalue weighted by atomic mass is 9.78. The van der Waals surface area contributed by atoms with Crippen molar-refractivity contribution < 1.29 is 4.79 Å². The first-order valence-corrected chi connectivity index (χ1v) is 6.77. The normalized spacial score (nSPS) is 17.9. The lowest BCUT2D eigenvalue weighted by molar-refractivity contribution is -0.122. The summed E-state index contributed by atoms with van der Waals surface area (Å²) in [4.78, 5) is 11.7. The number of amides is 1. The third kappa shape index (κ3) is 4.52. The van der Waals surface area contributed by atoms with Crippen molar-refractivity contribution in [1.82, 2.24) is 5.32 Å². The second-order valence-corrected chi connectivity index (χ2v) is 4.90. The maximum Gasteiger partial charge on any atom is 0.220 e. The van der Waals surface area contributed by atoms with Gasteiger partial charge in [-0.25, -0.2) is 0 Å². The van der Waals surface area contributed by atoms with Gasteiger partial charge in [0, 0.05) is 12.5 Å². The van der Waals surface area contributed by atoms with Crippen LogP contribution in [0.3, 0.4) is 0 Å². The zero-order valence-corrected chi connectivity index (χ0v) is 10.5. The molecule has 3 N–H and O–H groups in total. The van der Waals surface area contributed by atoms with Crippen molar-refractivity contribution in [2.24, 2.45) is 11.7 Å². The molecule has 1 aliphatic carbocycles. The molecule has 1 fully saturated rings. The van der Waals surface area contributed by atoms with Gasteiger partial charge in [0.25, 0.3) is 0 Å². The molecule has 1 aliphatic rings. The molecule has 0 saturated heterocycles. The number of carbonyl (C=O) groups is 1. The molecule has 0 aromatic carbocycles. The highest BCUT2D eigenvalue weighted by Gasteiger charge is 2.27. The number of hydrogen-bond donors (Lipinski definition) is 2. The molecule has 0 spiro atoms. The largest absolute Gasteiger partial charge is 0.353 e. The number of carbonyl (C=O) groups excluding carboxylic acids is 1. The minimum Gasteiger partial charge on any atom is -0.353 e. The summed E-state index contributed by atoms with van der Waals surface area (Å²) in [5, 5.41) is 3.19. The van der Waals surface area contributed by atoms with Crippen LogP contribution in [-0.2, 0) is 4.79 Å². The molecule has 3 nitrogen and oxygen atoms in total. The summed E-state index contributed by atoms with van der Waals surface area (Å²) < 4.78 is 0. The highest BCUT2D eigenvalue weighted by atomic mass is 16.1. The first-order valence-electron chi connectivity index (χ1n) is 6.77. The summed E-state index contributed by atoms with van der Waals surface area (Å²) in [6, 6.07) is 0.430. The highest BCUT2D eigenvalue weighted by molar-refractivity contribution is 5.76. The average molecular weight is 226 g/mol. The number of rotatable bonds is 8. The van der Waals surface area contributed by atoms with Crippen LogP contribution in [0.25, 0.3) is 0 Å². The van der Waals surface area contributed by atoms with Crippen LogP contribution in [0.15, 0.2) is 0 Å². The predicted molar refractivity (Wildman–Crippen MR) is 67.1 cm³/mol. The van der Waals surface area contributed by atoms with Crippen LogP contribution in [0, 0.1) is 5.92 Å². The van der Waals surface area contributed by atoms with Crippen LogP contribution in [0.1, 0.15) is 58.3 Å². The van der Waals surface area contributed by atoms with Crippen molar-refractivity contribution in [3.05, 3.63) is 0 Å². The predicted octanol–water partition coefficient (Wildman–Crippen LogP) is 2.20. The molecule has 0 bridgehead atoms. The van der Waals surface area contributed by atoms with Crippen LogP contribution in [0.2, 0.25) is 0 Å². The second-order valence-electron chi connectivity index (χ2n) is 4.90. The smallest absolute Gasteiger partial charge is 0.220 e. The van der Waals surface area contributed by atoms with Gasteiger partial charge >= 0.3 is 0 Å². The average Bonchev–Trinajstić information content (AvgIpc) is 2.20. The van der Waals surface area contributed by atoms with Crippen molar-refractivity contribution in [3.63, 3.8) is 0 Å². The zero-order chi connectivity index (χ0) is 11.8. The van der Waals surface area contributed by atoms with E-state index in [0.29, 0.717) is 19.0 Å². The van der Waals surface area contributed by atoms with E-state index in [0.717, 1.165) is 18.8 Å². The monoisotopic (exact) mass is 226 g/mol. The van der Waals surface area contributed by atoms with E-state index in [9.17, 15) is 4.79 Å². The maximum absolute atomic E-state index is 11.7. The molecule has 0 aromatic heterocycles. The van der Waals surface area contributed by atoms with Crippen molar-refractivity contribution in [3.8, 4) is 0 Å². The minimum atomic E-state index is 0.193. The molecule has 0 radical (unpaired) electrons. The Bertz CT molecular complexity index is 202. The maximum atomic E-state index is 11.7. The van der Waals surface area contributed by atoms with Gasteiger partial charge in [-0.05, 0) is 38.1 Å². The quantitative estimate of drug-likeness (QED) is 0.666. The fraction of sp³-hybridized carbons (Fsp3) is 0.923. The first kappa shape index (κ1) is 13.5. The molecule has 3 heteroatoms. The SMILES string of the molecule is CCCCC(NC(=O)CCCN)C1CCC1. The summed E-state index contributed by atoms with van der Waals surface area (Å²) in [5.74, 6) is 0.937. The van der Waals surface area contributed by atoms with Gasteiger partial charge in [0.1, 0.15) is 0 Å². The van der Waals surface area contributed by atoms with Gasteiger partial charge in [0.05, 0.1) is 0 Å². The summed E-state index contributed by atoms with van der Waals surface area (Å²) in [6.45, 7) is 2.81. The highest BCUT2D eigenvalue weighted by Crippen LogP contribution is 2.31. The molecule has 1 atom stereocenters. The summed E-state index contributed by atoms with van der Waals surface area (Å²) in [7, 11) is 0. The Morgan fingerprint density at radius 3 is 2.69 bits per heavy atom. The Labute approximate surface area is 99.2 Å². The molecule has 16 heavy (non-hydrogen) atoms. The standard InChI is InChI=1S/C13H26N2O/c1-2-3-8-12(11-6-4-7-11)15-13(16)9-5-10-14/h11-12H,2-10,14H2,1H3,(H,15,16). The number of nitrogens with one attached hydrogen (secondary N) is 1. The molecular formula is C13H26N2O. The molecule has 1 amide bonds. The lowest BCUT2D eigenvalue weighted by Gasteiger charge is -2.34. The van der Waals surface area contributed by atoms with Crippen LogP contribution in [-0.4, -0.2) is 18.5 Å². The van der Waals surface area contributed by atoms with Crippen molar-refractivity contribution in [2.75, 3.05) is 6.54 Å². The molecule has 0 heterocycles. The molecule has 0 aliphatic heterocycles. The Hall–Kier alpha value is -0.570. The molecule has 1 unspecified atom stereocenters. The molecule has 0 aromatic rings. The van der Waals surface area contributed by atoms with E-state index in [2.05, 4.69) is 12.2 Å². The van der Waals surface area contributed by atoms with E-state index in [4.69, 9.17) is 5.73 Å². The Balaban J connectivity index is 2.27. The third-order valence-corrected chi connectivity index (χ3v) is 3.54. The van der Waals surface area contributed by atoms with E-state index in [-0.39, 0.29) is 5.91 Å². The number of hydrogen-bond acceptors (Lipinski definition) is 2. The Morgan fingerprint density at radius 1 is 1.44 bits per heavy atom. The van der Waals surface area contributed by atoms with Gasteiger partial charge in [-0.2, -0.15) is 0 Å². The van der Waals surface area contributed by atoms with E-state index < -0.39 is 0 Å². The fourth-order valence-corrected chi connectivity index (χ4v) is 2.23. The van der Waals surface area contributed by atoms with E-state index >= 15 is 0 Å². The van der Waals surface area contributed by atoms with Crippen LogP contribution >= 0.6 is 0 Å². The van der Waals surface area contributed by atoms with Crippen LogP contribution in [0.4, 0.5) is 0 Å². The Kier molecular flexibility index (Phi) is 6.46. The fourth-order valence-electron chi connectivity index (χ4n) is 2.23. The van der Waals surface area contributed by atoms with Crippen LogP contribution in [0.5, 0.6) is 0 Å². The number of nitrogens with two attached hydrogens (primary N) is 1. The van der Waals surface area contributed by atoms with Gasteiger partial charge in [-0.1, -0.05) is 26.2 Å². The summed E-state index contributed by atoms with van der Waals surface area (Å²) in [5.41, 5.74) is 5.40. The van der Waals surface area contributed by atoms with Gasteiger partial charge in [0.2, 0.25) is 5.91 Å². The first-order chi connectivity index (χ1) is 7.77. The van der Waals surface area contributed by atoms with Crippen molar-refractivity contribution in [2.45, 2.75) is 64.3 Å². The molecule has 94 valence electrons. The lowest BCUT2D eigenvalue weighted by Crippen LogP contribution is -2.42. The topological polar surface area (TPSA) is 55.1 Å². The van der Waals surface area contributed by atoms with E-state index in [1.54, 1.807) is 0 Å². The van der Waals surface area contributed by atoms with E-state index in [1.807, 2.05) is 0 Å². The van der Waals surface area contributed by atoms with Gasteiger partial charge in [-0.3, -0.25) is 4.79 Å². The summed E-state index contributed by atoms with van der Waals surface area (Å²) >= 11 is 0. The van der Waals surface area contributed by atoms with Gasteiger partial charge in [0.15, 0.2) is 0 Å². The molecule has 1 rings (SSSR count). The van der Waals surface area contributed by atoms with E-state index in [1.165, 1.54) is 32.1 Å². The van der Waals surface area contributed by atoms with Gasteiger partial charge in [-0.15, -0.1) is 0 Å². The van der Waals surface area contributed by atoms with Crippen molar-refractivity contribution >= 4 is 5.91 Å². The Morgan fingerprint density at radius 2 is 2.19 bits per heavy atom. The number of unbranched alkanes of at least 4 members (excludes halogenated alkanes) is 1. The minimum absolute atomic E-state index is 0.193. The zero-order valence-electron chi connectivity index (χ0n) is 10.5. The molecule has 1 saturated carbocycles. The molecular weight excluding hydrogens is 200 g/mol. The second kappa shape index (κ2) is 7.66. The summed E-state index contributed by atoms with van der Waals surface area (Å²) in [6.07, 6.45) is 8.90.